The molecule has 0 radical (unpaired) electrons. The molecule has 3 heteroatoms. The summed E-state index contributed by atoms with van der Waals surface area (Å²) in [6, 6.07) is 0. The van der Waals surface area contributed by atoms with Crippen LogP contribution in [0.2, 0.25) is 0 Å². The average Bonchev–Trinajstić information content (AvgIpc) is 2.98. The van der Waals surface area contributed by atoms with Crippen LogP contribution >= 0.6 is 0 Å². The second kappa shape index (κ2) is 4.52. The van der Waals surface area contributed by atoms with E-state index in [1.54, 1.807) is 0 Å². The largest absolute Gasteiger partial charge is 0.342 e. The van der Waals surface area contributed by atoms with E-state index in [1.165, 1.54) is 32.1 Å². The highest BCUT2D eigenvalue weighted by Gasteiger charge is 2.36. The van der Waals surface area contributed by atoms with E-state index in [4.69, 9.17) is 0 Å². The number of nitrogens with zero attached hydrogens (tertiary/aromatic N) is 1. The zero-order valence-corrected chi connectivity index (χ0v) is 9.72. The molecule has 0 unspecified atom stereocenters. The first kappa shape index (κ1) is 10.9. The van der Waals surface area contributed by atoms with Gasteiger partial charge in [-0.25, -0.2) is 0 Å². The summed E-state index contributed by atoms with van der Waals surface area (Å²) in [4.78, 5) is 13.8. The Morgan fingerprint density at radius 2 is 1.93 bits per heavy atom. The monoisotopic (exact) mass is 210 g/mol. The topological polar surface area (TPSA) is 32.3 Å². The Balaban J connectivity index is 1.63. The Labute approximate surface area is 92.2 Å². The lowest BCUT2D eigenvalue weighted by Crippen LogP contribution is -2.42. The lowest BCUT2D eigenvalue weighted by Gasteiger charge is -2.27. The van der Waals surface area contributed by atoms with Crippen LogP contribution in [-0.2, 0) is 4.79 Å². The molecule has 1 saturated carbocycles. The highest BCUT2D eigenvalue weighted by molar-refractivity contribution is 5.78. The van der Waals surface area contributed by atoms with E-state index in [-0.39, 0.29) is 0 Å². The smallest absolute Gasteiger partial charge is 0.236 e. The molecule has 0 aromatic carbocycles. The zero-order chi connectivity index (χ0) is 10.7. The van der Waals surface area contributed by atoms with Crippen molar-refractivity contribution >= 4 is 5.91 Å². The number of hydrogen-bond acceptors (Lipinski definition) is 2. The van der Waals surface area contributed by atoms with Gasteiger partial charge in [-0.1, -0.05) is 6.92 Å². The Morgan fingerprint density at radius 1 is 1.27 bits per heavy atom. The molecule has 1 amide bonds. The van der Waals surface area contributed by atoms with Crippen molar-refractivity contribution in [1.82, 2.24) is 10.2 Å². The minimum Gasteiger partial charge on any atom is -0.342 e. The van der Waals surface area contributed by atoms with E-state index >= 15 is 0 Å². The lowest BCUT2D eigenvalue weighted by molar-refractivity contribution is -0.131. The van der Waals surface area contributed by atoms with Crippen LogP contribution in [0.25, 0.3) is 0 Å². The zero-order valence-electron chi connectivity index (χ0n) is 9.72. The van der Waals surface area contributed by atoms with Crippen LogP contribution in [0.3, 0.4) is 0 Å². The van der Waals surface area contributed by atoms with Gasteiger partial charge in [0.2, 0.25) is 5.91 Å². The molecule has 0 aromatic rings. The third kappa shape index (κ3) is 3.20. The molecular weight excluding hydrogens is 188 g/mol. The molecule has 1 heterocycles. The van der Waals surface area contributed by atoms with Crippen molar-refractivity contribution < 1.29 is 4.79 Å². The SMILES string of the molecule is CC1(CNCC(=O)N2CCCCC2)CC1. The van der Waals surface area contributed by atoms with Gasteiger partial charge in [0.15, 0.2) is 0 Å². The van der Waals surface area contributed by atoms with Crippen LogP contribution in [0.1, 0.15) is 39.0 Å². The third-order valence-corrected chi connectivity index (χ3v) is 3.64. The summed E-state index contributed by atoms with van der Waals surface area (Å²) in [5.74, 6) is 0.291. The van der Waals surface area contributed by atoms with Gasteiger partial charge < -0.3 is 10.2 Å². The molecule has 0 atom stereocenters. The van der Waals surface area contributed by atoms with E-state index in [2.05, 4.69) is 12.2 Å². The van der Waals surface area contributed by atoms with Crippen molar-refractivity contribution in [3.63, 3.8) is 0 Å². The maximum absolute atomic E-state index is 11.8. The molecule has 0 bridgehead atoms. The minimum atomic E-state index is 0.291. The number of carbonyl (C=O) groups is 1. The molecule has 1 aliphatic carbocycles. The van der Waals surface area contributed by atoms with Gasteiger partial charge in [-0.15, -0.1) is 0 Å². The summed E-state index contributed by atoms with van der Waals surface area (Å²) in [6.07, 6.45) is 6.29. The molecule has 3 nitrogen and oxygen atoms in total. The average molecular weight is 210 g/mol. The van der Waals surface area contributed by atoms with Crippen molar-refractivity contribution in [2.45, 2.75) is 39.0 Å². The van der Waals surface area contributed by atoms with Crippen molar-refractivity contribution in [3.8, 4) is 0 Å². The van der Waals surface area contributed by atoms with Gasteiger partial charge in [-0.05, 0) is 37.5 Å². The molecule has 0 aromatic heterocycles. The number of likely N-dealkylation sites (tertiary alicyclic amines) is 1. The molecule has 1 saturated heterocycles. The van der Waals surface area contributed by atoms with Crippen molar-refractivity contribution in [2.24, 2.45) is 5.41 Å². The third-order valence-electron chi connectivity index (χ3n) is 3.64. The van der Waals surface area contributed by atoms with Gasteiger partial charge >= 0.3 is 0 Å². The van der Waals surface area contributed by atoms with E-state index in [9.17, 15) is 4.79 Å². The molecule has 0 spiro atoms. The molecule has 2 fully saturated rings. The second-order valence-corrected chi connectivity index (χ2v) is 5.36. The van der Waals surface area contributed by atoms with Crippen LogP contribution in [0, 0.1) is 5.41 Å². The second-order valence-electron chi connectivity index (χ2n) is 5.36. The van der Waals surface area contributed by atoms with E-state index in [0.29, 0.717) is 17.9 Å². The maximum Gasteiger partial charge on any atom is 0.236 e. The van der Waals surface area contributed by atoms with Gasteiger partial charge in [0.05, 0.1) is 6.54 Å². The number of amides is 1. The van der Waals surface area contributed by atoms with Crippen LogP contribution in [0.15, 0.2) is 0 Å². The van der Waals surface area contributed by atoms with Gasteiger partial charge in [0, 0.05) is 19.6 Å². The minimum absolute atomic E-state index is 0.291. The maximum atomic E-state index is 11.8. The number of hydrogen-bond donors (Lipinski definition) is 1. The number of rotatable bonds is 4. The lowest BCUT2D eigenvalue weighted by atomic mass is 10.1. The Kier molecular flexibility index (Phi) is 3.29. The standard InChI is InChI=1S/C12H22N2O/c1-12(5-6-12)10-13-9-11(15)14-7-3-2-4-8-14/h13H,2-10H2,1H3. The predicted octanol–water partition coefficient (Wildman–Crippen LogP) is 1.39. The van der Waals surface area contributed by atoms with Gasteiger partial charge in [0.1, 0.15) is 0 Å². The Bertz CT molecular complexity index is 230. The Hall–Kier alpha value is -0.570. The fourth-order valence-corrected chi connectivity index (χ4v) is 2.12. The number of carbonyl (C=O) groups excluding carboxylic acids is 1. The first-order valence-electron chi connectivity index (χ1n) is 6.18. The van der Waals surface area contributed by atoms with Gasteiger partial charge in [-0.2, -0.15) is 0 Å². The number of piperidine rings is 1. The summed E-state index contributed by atoms with van der Waals surface area (Å²) in [5.41, 5.74) is 0.502. The highest BCUT2D eigenvalue weighted by Crippen LogP contribution is 2.43. The van der Waals surface area contributed by atoms with E-state index in [1.807, 2.05) is 4.90 Å². The van der Waals surface area contributed by atoms with Crippen molar-refractivity contribution in [2.75, 3.05) is 26.2 Å². The van der Waals surface area contributed by atoms with E-state index in [0.717, 1.165) is 19.6 Å². The highest BCUT2D eigenvalue weighted by atomic mass is 16.2. The fraction of sp³-hybridized carbons (Fsp3) is 0.917. The van der Waals surface area contributed by atoms with Crippen molar-refractivity contribution in [3.05, 3.63) is 0 Å². The summed E-state index contributed by atoms with van der Waals surface area (Å²) in [5, 5.41) is 3.29. The molecular formula is C12H22N2O. The molecule has 2 aliphatic rings. The quantitative estimate of drug-likeness (QED) is 0.760. The van der Waals surface area contributed by atoms with Crippen molar-refractivity contribution in [1.29, 1.82) is 0 Å². The molecule has 15 heavy (non-hydrogen) atoms. The van der Waals surface area contributed by atoms with Crippen LogP contribution in [-0.4, -0.2) is 37.0 Å². The summed E-state index contributed by atoms with van der Waals surface area (Å²) in [7, 11) is 0. The molecule has 86 valence electrons. The van der Waals surface area contributed by atoms with Gasteiger partial charge in [0.25, 0.3) is 0 Å². The van der Waals surface area contributed by atoms with Crippen LogP contribution < -0.4 is 5.32 Å². The molecule has 1 N–H and O–H groups in total. The summed E-state index contributed by atoms with van der Waals surface area (Å²) < 4.78 is 0. The Morgan fingerprint density at radius 3 is 2.53 bits per heavy atom. The van der Waals surface area contributed by atoms with Gasteiger partial charge in [-0.3, -0.25) is 4.79 Å². The first-order chi connectivity index (χ1) is 7.20. The van der Waals surface area contributed by atoms with Crippen LogP contribution in [0.5, 0.6) is 0 Å². The predicted molar refractivity (Wildman–Crippen MR) is 60.6 cm³/mol. The van der Waals surface area contributed by atoms with E-state index < -0.39 is 0 Å². The fourth-order valence-electron chi connectivity index (χ4n) is 2.12. The normalized spacial score (nSPS) is 23.9. The summed E-state index contributed by atoms with van der Waals surface area (Å²) in [6.45, 7) is 5.77. The molecule has 1 aliphatic heterocycles. The summed E-state index contributed by atoms with van der Waals surface area (Å²) >= 11 is 0. The molecule has 2 rings (SSSR count). The van der Waals surface area contributed by atoms with Crippen LogP contribution in [0.4, 0.5) is 0 Å². The first-order valence-corrected chi connectivity index (χ1v) is 6.18. The number of nitrogens with one attached hydrogen (secondary N) is 1.